The molecule has 1 aliphatic carbocycles. The number of thiophene rings is 1. The number of carbonyl (C=O) groups excluding carboxylic acids is 2. The van der Waals surface area contributed by atoms with Crippen molar-refractivity contribution in [3.63, 3.8) is 0 Å². The largest absolute Gasteiger partial charge is 0.340 e. The SMILES string of the molecule is O=C1C[C@@]2(CCCCN2C(=O)Cc2ccsc2)CN1CC1CC1. The van der Waals surface area contributed by atoms with E-state index in [0.29, 0.717) is 18.8 Å². The van der Waals surface area contributed by atoms with Crippen molar-refractivity contribution in [1.29, 1.82) is 0 Å². The fraction of sp³-hybridized carbons (Fsp3) is 0.667. The van der Waals surface area contributed by atoms with Crippen LogP contribution < -0.4 is 0 Å². The summed E-state index contributed by atoms with van der Waals surface area (Å²) in [5.74, 6) is 1.17. The van der Waals surface area contributed by atoms with Gasteiger partial charge < -0.3 is 9.80 Å². The Balaban J connectivity index is 1.50. The summed E-state index contributed by atoms with van der Waals surface area (Å²) in [7, 11) is 0. The van der Waals surface area contributed by atoms with Crippen LogP contribution in [0.3, 0.4) is 0 Å². The van der Waals surface area contributed by atoms with E-state index in [4.69, 9.17) is 0 Å². The summed E-state index contributed by atoms with van der Waals surface area (Å²) in [5.41, 5.74) is 0.872. The number of piperidine rings is 1. The minimum absolute atomic E-state index is 0.198. The second-order valence-electron chi connectivity index (χ2n) is 7.43. The number of likely N-dealkylation sites (tertiary alicyclic amines) is 2. The van der Waals surface area contributed by atoms with Crippen LogP contribution in [0.25, 0.3) is 0 Å². The molecular formula is C18H24N2O2S. The summed E-state index contributed by atoms with van der Waals surface area (Å²) in [6.07, 6.45) is 6.71. The Kier molecular flexibility index (Phi) is 3.92. The highest BCUT2D eigenvalue weighted by Gasteiger charge is 2.50. The number of hydrogen-bond donors (Lipinski definition) is 0. The van der Waals surface area contributed by atoms with E-state index in [2.05, 4.69) is 4.90 Å². The van der Waals surface area contributed by atoms with Crippen molar-refractivity contribution in [2.75, 3.05) is 19.6 Å². The molecule has 124 valence electrons. The minimum atomic E-state index is -0.225. The monoisotopic (exact) mass is 332 g/mol. The standard InChI is InChI=1S/C18H24N2O2S/c21-16(9-15-5-8-23-12-15)20-7-2-1-6-18(20)10-17(22)19(13-18)11-14-3-4-14/h5,8,12,14H,1-4,6-7,9-11,13H2/t18-/m0/s1. The van der Waals surface area contributed by atoms with E-state index in [1.807, 2.05) is 21.7 Å². The van der Waals surface area contributed by atoms with Gasteiger partial charge in [0.15, 0.2) is 0 Å². The van der Waals surface area contributed by atoms with Crippen LogP contribution in [0.5, 0.6) is 0 Å². The third kappa shape index (κ3) is 3.03. The smallest absolute Gasteiger partial charge is 0.227 e. The highest BCUT2D eigenvalue weighted by atomic mass is 32.1. The third-order valence-electron chi connectivity index (χ3n) is 5.58. The van der Waals surface area contributed by atoms with Crippen molar-refractivity contribution in [1.82, 2.24) is 9.80 Å². The van der Waals surface area contributed by atoms with Crippen molar-refractivity contribution in [3.05, 3.63) is 22.4 Å². The van der Waals surface area contributed by atoms with Gasteiger partial charge in [0.05, 0.1) is 18.4 Å². The summed E-state index contributed by atoms with van der Waals surface area (Å²) < 4.78 is 0. The Morgan fingerprint density at radius 3 is 2.96 bits per heavy atom. The number of amides is 2. The van der Waals surface area contributed by atoms with Gasteiger partial charge in [0.25, 0.3) is 0 Å². The van der Waals surface area contributed by atoms with E-state index in [1.165, 1.54) is 12.8 Å². The van der Waals surface area contributed by atoms with Gasteiger partial charge in [-0.25, -0.2) is 0 Å². The van der Waals surface area contributed by atoms with E-state index in [9.17, 15) is 9.59 Å². The van der Waals surface area contributed by atoms with Crippen LogP contribution in [-0.4, -0.2) is 46.8 Å². The van der Waals surface area contributed by atoms with Gasteiger partial charge in [0, 0.05) is 19.6 Å². The van der Waals surface area contributed by atoms with E-state index in [0.717, 1.165) is 44.5 Å². The molecule has 5 heteroatoms. The summed E-state index contributed by atoms with van der Waals surface area (Å²) in [4.78, 5) is 29.5. The second-order valence-corrected chi connectivity index (χ2v) is 8.21. The predicted octanol–water partition coefficient (Wildman–Crippen LogP) is 2.68. The summed E-state index contributed by atoms with van der Waals surface area (Å²) in [6.45, 7) is 2.48. The molecule has 1 saturated carbocycles. The Labute approximate surface area is 141 Å². The van der Waals surface area contributed by atoms with Gasteiger partial charge in [-0.3, -0.25) is 9.59 Å². The molecule has 0 aromatic carbocycles. The number of carbonyl (C=O) groups is 2. The van der Waals surface area contributed by atoms with Gasteiger partial charge in [0.2, 0.25) is 11.8 Å². The molecule has 2 aliphatic heterocycles. The van der Waals surface area contributed by atoms with Gasteiger partial charge in [-0.1, -0.05) is 0 Å². The van der Waals surface area contributed by atoms with Crippen LogP contribution in [0.4, 0.5) is 0 Å². The average molecular weight is 332 g/mol. The van der Waals surface area contributed by atoms with E-state index in [-0.39, 0.29) is 17.4 Å². The molecule has 4 nitrogen and oxygen atoms in total. The van der Waals surface area contributed by atoms with Crippen LogP contribution in [0.2, 0.25) is 0 Å². The Morgan fingerprint density at radius 1 is 1.35 bits per heavy atom. The molecule has 23 heavy (non-hydrogen) atoms. The van der Waals surface area contributed by atoms with Crippen molar-refractivity contribution in [3.8, 4) is 0 Å². The van der Waals surface area contributed by atoms with Gasteiger partial charge in [-0.2, -0.15) is 11.3 Å². The maximum atomic E-state index is 12.9. The van der Waals surface area contributed by atoms with Crippen LogP contribution in [-0.2, 0) is 16.0 Å². The first kappa shape index (κ1) is 15.2. The zero-order valence-electron chi connectivity index (χ0n) is 13.5. The molecule has 1 aromatic heterocycles. The van der Waals surface area contributed by atoms with Crippen LogP contribution in [0.1, 0.15) is 44.1 Å². The van der Waals surface area contributed by atoms with Crippen molar-refractivity contribution < 1.29 is 9.59 Å². The maximum Gasteiger partial charge on any atom is 0.227 e. The Morgan fingerprint density at radius 2 is 2.22 bits per heavy atom. The van der Waals surface area contributed by atoms with E-state index >= 15 is 0 Å². The quantitative estimate of drug-likeness (QED) is 0.850. The maximum absolute atomic E-state index is 12.9. The fourth-order valence-electron chi connectivity index (χ4n) is 4.17. The lowest BCUT2D eigenvalue weighted by atomic mass is 9.85. The number of nitrogens with zero attached hydrogens (tertiary/aromatic N) is 2. The lowest BCUT2D eigenvalue weighted by Crippen LogP contribution is -2.56. The molecule has 0 unspecified atom stereocenters. The summed E-state index contributed by atoms with van der Waals surface area (Å²) >= 11 is 1.63. The zero-order valence-corrected chi connectivity index (χ0v) is 14.3. The number of rotatable bonds is 4. The van der Waals surface area contributed by atoms with Gasteiger partial charge in [-0.05, 0) is 60.4 Å². The lowest BCUT2D eigenvalue weighted by molar-refractivity contribution is -0.138. The first-order valence-corrected chi connectivity index (χ1v) is 9.70. The van der Waals surface area contributed by atoms with E-state index in [1.54, 1.807) is 11.3 Å². The molecule has 4 rings (SSSR count). The van der Waals surface area contributed by atoms with Gasteiger partial charge in [-0.15, -0.1) is 0 Å². The highest BCUT2D eigenvalue weighted by molar-refractivity contribution is 7.08. The highest BCUT2D eigenvalue weighted by Crippen LogP contribution is 2.40. The Hall–Kier alpha value is -1.36. The molecule has 0 radical (unpaired) electrons. The van der Waals surface area contributed by atoms with Gasteiger partial charge in [0.1, 0.15) is 0 Å². The molecule has 0 N–H and O–H groups in total. The first-order valence-electron chi connectivity index (χ1n) is 8.76. The Bertz CT molecular complexity index is 596. The third-order valence-corrected chi connectivity index (χ3v) is 6.31. The van der Waals surface area contributed by atoms with E-state index < -0.39 is 0 Å². The zero-order chi connectivity index (χ0) is 15.9. The predicted molar refractivity (Wildman–Crippen MR) is 90.2 cm³/mol. The summed E-state index contributed by atoms with van der Waals surface area (Å²) in [5, 5.41) is 4.07. The molecule has 2 saturated heterocycles. The molecule has 3 fully saturated rings. The molecule has 1 atom stereocenters. The normalized spacial score (nSPS) is 27.9. The fourth-order valence-corrected chi connectivity index (χ4v) is 4.84. The average Bonchev–Trinajstić information content (AvgIpc) is 3.10. The van der Waals surface area contributed by atoms with Crippen LogP contribution in [0, 0.1) is 5.92 Å². The second kappa shape index (κ2) is 5.93. The van der Waals surface area contributed by atoms with Crippen LogP contribution >= 0.6 is 11.3 Å². The topological polar surface area (TPSA) is 40.6 Å². The molecule has 0 bridgehead atoms. The molecular weight excluding hydrogens is 308 g/mol. The van der Waals surface area contributed by atoms with Crippen molar-refractivity contribution in [2.45, 2.75) is 50.5 Å². The molecule has 3 aliphatic rings. The summed E-state index contributed by atoms with van der Waals surface area (Å²) in [6, 6.07) is 2.03. The van der Waals surface area contributed by atoms with Crippen molar-refractivity contribution in [2.24, 2.45) is 5.92 Å². The van der Waals surface area contributed by atoms with Gasteiger partial charge >= 0.3 is 0 Å². The lowest BCUT2D eigenvalue weighted by Gasteiger charge is -2.44. The van der Waals surface area contributed by atoms with Crippen LogP contribution in [0.15, 0.2) is 16.8 Å². The first-order chi connectivity index (χ1) is 11.2. The molecule has 3 heterocycles. The minimum Gasteiger partial charge on any atom is -0.340 e. The number of hydrogen-bond acceptors (Lipinski definition) is 3. The molecule has 1 aromatic rings. The molecule has 2 amide bonds. The molecule has 1 spiro atoms. The van der Waals surface area contributed by atoms with Crippen molar-refractivity contribution >= 4 is 23.2 Å².